The number of hydrogen-bond acceptors (Lipinski definition) is 6. The van der Waals surface area contributed by atoms with Crippen molar-refractivity contribution in [2.24, 2.45) is 0 Å². The number of ether oxygens (including phenoxy) is 2. The molecule has 6 nitrogen and oxygen atoms in total. The molecule has 3 rings (SSSR count). The van der Waals surface area contributed by atoms with Gasteiger partial charge in [0.05, 0.1) is 25.7 Å². The predicted octanol–water partition coefficient (Wildman–Crippen LogP) is 3.10. The first kappa shape index (κ1) is 19.4. The van der Waals surface area contributed by atoms with Crippen molar-refractivity contribution in [1.29, 1.82) is 0 Å². The van der Waals surface area contributed by atoms with Crippen LogP contribution in [0.25, 0.3) is 0 Å². The maximum Gasteiger partial charge on any atom is 0.341 e. The minimum Gasteiger partial charge on any atom is -0.497 e. The lowest BCUT2D eigenvalue weighted by atomic mass is 10.0. The largest absolute Gasteiger partial charge is 0.497 e. The van der Waals surface area contributed by atoms with E-state index in [0.29, 0.717) is 17.2 Å². The Morgan fingerprint density at radius 2 is 2.00 bits per heavy atom. The van der Waals surface area contributed by atoms with Gasteiger partial charge in [-0.05, 0) is 43.7 Å². The number of hydrogen-bond donors (Lipinski definition) is 1. The zero-order chi connectivity index (χ0) is 19.4. The molecule has 1 aliphatic rings. The van der Waals surface area contributed by atoms with Crippen molar-refractivity contribution in [2.45, 2.75) is 26.3 Å². The van der Waals surface area contributed by atoms with E-state index in [1.165, 1.54) is 11.3 Å². The smallest absolute Gasteiger partial charge is 0.341 e. The fourth-order valence-corrected chi connectivity index (χ4v) is 4.47. The van der Waals surface area contributed by atoms with E-state index in [2.05, 4.69) is 17.3 Å². The summed E-state index contributed by atoms with van der Waals surface area (Å²) in [6.45, 7) is 3.76. The maximum atomic E-state index is 12.5. The maximum absolute atomic E-state index is 12.5. The summed E-state index contributed by atoms with van der Waals surface area (Å²) < 4.78 is 10.4. The Kier molecular flexibility index (Phi) is 6.13. The lowest BCUT2D eigenvalue weighted by Crippen LogP contribution is -2.26. The number of amides is 1. The highest BCUT2D eigenvalue weighted by molar-refractivity contribution is 7.17. The van der Waals surface area contributed by atoms with Gasteiger partial charge in [-0.2, -0.15) is 0 Å². The Bertz CT molecular complexity index is 829. The Morgan fingerprint density at radius 3 is 2.67 bits per heavy atom. The summed E-state index contributed by atoms with van der Waals surface area (Å²) in [7, 11) is 3.66. The van der Waals surface area contributed by atoms with E-state index in [-0.39, 0.29) is 18.3 Å². The molecule has 0 fully saturated rings. The molecule has 1 N–H and O–H groups in total. The van der Waals surface area contributed by atoms with Crippen molar-refractivity contribution in [1.82, 2.24) is 4.90 Å². The van der Waals surface area contributed by atoms with Crippen molar-refractivity contribution in [3.8, 4) is 5.75 Å². The molecule has 0 radical (unpaired) electrons. The number of rotatable bonds is 6. The molecular formula is C20H24N2O4S. The van der Waals surface area contributed by atoms with E-state index >= 15 is 0 Å². The van der Waals surface area contributed by atoms with Crippen molar-refractivity contribution in [3.63, 3.8) is 0 Å². The summed E-state index contributed by atoms with van der Waals surface area (Å²) in [5.41, 5.74) is 2.41. The quantitative estimate of drug-likeness (QED) is 0.770. The predicted molar refractivity (Wildman–Crippen MR) is 106 cm³/mol. The second kappa shape index (κ2) is 8.54. The van der Waals surface area contributed by atoms with Gasteiger partial charge in [0, 0.05) is 18.0 Å². The zero-order valence-corrected chi connectivity index (χ0v) is 16.6. The molecule has 0 saturated carbocycles. The van der Waals surface area contributed by atoms with Gasteiger partial charge in [-0.3, -0.25) is 4.79 Å². The van der Waals surface area contributed by atoms with Gasteiger partial charge < -0.3 is 19.7 Å². The summed E-state index contributed by atoms with van der Waals surface area (Å²) in [4.78, 5) is 28.4. The third kappa shape index (κ3) is 4.48. The molecule has 0 unspecified atom stereocenters. The Balaban J connectivity index is 1.80. The minimum atomic E-state index is -0.362. The molecule has 7 heteroatoms. The highest BCUT2D eigenvalue weighted by Gasteiger charge is 2.28. The van der Waals surface area contributed by atoms with Crippen LogP contribution >= 0.6 is 11.3 Å². The number of thiophene rings is 1. The van der Waals surface area contributed by atoms with Gasteiger partial charge in [0.2, 0.25) is 5.91 Å². The van der Waals surface area contributed by atoms with Crippen LogP contribution in [0.2, 0.25) is 0 Å². The van der Waals surface area contributed by atoms with E-state index in [1.54, 1.807) is 14.0 Å². The molecule has 0 saturated heterocycles. The number of anilines is 1. The van der Waals surface area contributed by atoms with Crippen LogP contribution in [0.4, 0.5) is 5.00 Å². The molecule has 0 bridgehead atoms. The normalized spacial score (nSPS) is 13.7. The van der Waals surface area contributed by atoms with Gasteiger partial charge in [-0.1, -0.05) is 12.1 Å². The molecule has 2 aromatic rings. The van der Waals surface area contributed by atoms with E-state index in [0.717, 1.165) is 41.3 Å². The van der Waals surface area contributed by atoms with E-state index in [1.807, 2.05) is 24.3 Å². The number of carbonyl (C=O) groups excluding carboxylic acids is 2. The third-order valence-electron chi connectivity index (χ3n) is 4.50. The van der Waals surface area contributed by atoms with E-state index in [4.69, 9.17) is 9.47 Å². The summed E-state index contributed by atoms with van der Waals surface area (Å²) in [5, 5.41) is 3.52. The summed E-state index contributed by atoms with van der Waals surface area (Å²) in [6, 6.07) is 7.37. The van der Waals surface area contributed by atoms with Crippen molar-refractivity contribution < 1.29 is 19.1 Å². The molecule has 0 aliphatic carbocycles. The molecule has 2 heterocycles. The van der Waals surface area contributed by atoms with E-state index in [9.17, 15) is 9.59 Å². The van der Waals surface area contributed by atoms with Crippen LogP contribution in [-0.2, 0) is 28.9 Å². The van der Waals surface area contributed by atoms with Crippen LogP contribution in [0.15, 0.2) is 24.3 Å². The van der Waals surface area contributed by atoms with E-state index < -0.39 is 0 Å². The van der Waals surface area contributed by atoms with Crippen LogP contribution in [0.1, 0.15) is 33.3 Å². The number of nitrogens with one attached hydrogen (secondary N) is 1. The third-order valence-corrected chi connectivity index (χ3v) is 5.64. The van der Waals surface area contributed by atoms with Gasteiger partial charge in [0.15, 0.2) is 0 Å². The Morgan fingerprint density at radius 1 is 1.26 bits per heavy atom. The molecule has 27 heavy (non-hydrogen) atoms. The van der Waals surface area contributed by atoms with Gasteiger partial charge in [0.25, 0.3) is 0 Å². The van der Waals surface area contributed by atoms with Crippen LogP contribution in [0.5, 0.6) is 5.75 Å². The van der Waals surface area contributed by atoms with Crippen LogP contribution in [0.3, 0.4) is 0 Å². The summed E-state index contributed by atoms with van der Waals surface area (Å²) in [5.74, 6) is 0.232. The fraction of sp³-hybridized carbons (Fsp3) is 0.400. The first-order valence-electron chi connectivity index (χ1n) is 8.94. The van der Waals surface area contributed by atoms with Gasteiger partial charge in [-0.15, -0.1) is 11.3 Å². The standard InChI is InChI=1S/C20H24N2O4S/c1-4-26-20(24)18-15-9-10-22(2)12-16(15)27-19(18)21-17(23)11-13-5-7-14(25-3)8-6-13/h5-8H,4,9-12H2,1-3H3,(H,21,23). The SMILES string of the molecule is CCOC(=O)c1c(NC(=O)Cc2ccc(OC)cc2)sc2c1CCN(C)C2. The molecule has 144 valence electrons. The van der Waals surface area contributed by atoms with Crippen molar-refractivity contribution in [3.05, 3.63) is 45.8 Å². The molecule has 1 aliphatic heterocycles. The average Bonchev–Trinajstić information content (AvgIpc) is 2.99. The van der Waals surface area contributed by atoms with Crippen LogP contribution < -0.4 is 10.1 Å². The summed E-state index contributed by atoms with van der Waals surface area (Å²) in [6.07, 6.45) is 1.01. The van der Waals surface area contributed by atoms with Gasteiger partial charge in [0.1, 0.15) is 10.8 Å². The second-order valence-electron chi connectivity index (χ2n) is 6.49. The highest BCUT2D eigenvalue weighted by Crippen LogP contribution is 2.37. The number of fused-ring (bicyclic) bond motifs is 1. The number of likely N-dealkylation sites (N-methyl/N-ethyl adjacent to an activating group) is 1. The number of esters is 1. The fourth-order valence-electron chi connectivity index (χ4n) is 3.14. The zero-order valence-electron chi connectivity index (χ0n) is 15.8. The van der Waals surface area contributed by atoms with Crippen molar-refractivity contribution in [2.75, 3.05) is 32.6 Å². The lowest BCUT2D eigenvalue weighted by Gasteiger charge is -2.22. The monoisotopic (exact) mass is 388 g/mol. The van der Waals surface area contributed by atoms with Crippen LogP contribution in [0, 0.1) is 0 Å². The molecule has 1 aromatic heterocycles. The highest BCUT2D eigenvalue weighted by atomic mass is 32.1. The van der Waals surface area contributed by atoms with Crippen LogP contribution in [-0.4, -0.2) is 44.1 Å². The van der Waals surface area contributed by atoms with Gasteiger partial charge in [-0.25, -0.2) is 4.79 Å². The summed E-state index contributed by atoms with van der Waals surface area (Å²) >= 11 is 1.47. The number of methoxy groups -OCH3 is 1. The molecule has 1 amide bonds. The van der Waals surface area contributed by atoms with Crippen molar-refractivity contribution >= 4 is 28.2 Å². The molecule has 0 atom stereocenters. The molecule has 1 aromatic carbocycles. The second-order valence-corrected chi connectivity index (χ2v) is 7.59. The minimum absolute atomic E-state index is 0.155. The first-order chi connectivity index (χ1) is 13.0. The molecular weight excluding hydrogens is 364 g/mol. The molecule has 0 spiro atoms. The number of carbonyl (C=O) groups is 2. The lowest BCUT2D eigenvalue weighted by molar-refractivity contribution is -0.115. The topological polar surface area (TPSA) is 67.9 Å². The number of nitrogens with zero attached hydrogens (tertiary/aromatic N) is 1. The average molecular weight is 388 g/mol. The first-order valence-corrected chi connectivity index (χ1v) is 9.76. The van der Waals surface area contributed by atoms with Gasteiger partial charge >= 0.3 is 5.97 Å². The number of benzene rings is 1. The Labute approximate surface area is 163 Å². The Hall–Kier alpha value is -2.38.